The Kier molecular flexibility index (Phi) is 6.83. The van der Waals surface area contributed by atoms with Crippen LogP contribution < -0.4 is 4.90 Å². The number of fused-ring (bicyclic) bond motifs is 2. The molecule has 1 aliphatic heterocycles. The summed E-state index contributed by atoms with van der Waals surface area (Å²) in [6, 6.07) is 5.74. The third-order valence-corrected chi connectivity index (χ3v) is 5.84. The molecule has 0 aliphatic carbocycles. The highest BCUT2D eigenvalue weighted by Crippen LogP contribution is 2.41. The van der Waals surface area contributed by atoms with E-state index in [-0.39, 0.29) is 47.1 Å². The molecule has 0 N–H and O–H groups in total. The molecule has 0 saturated carbocycles. The number of rotatable bonds is 8. The van der Waals surface area contributed by atoms with E-state index in [0.29, 0.717) is 12.1 Å². The summed E-state index contributed by atoms with van der Waals surface area (Å²) in [6.45, 7) is 5.75. The number of pyridine rings is 2. The van der Waals surface area contributed by atoms with Crippen molar-refractivity contribution in [1.29, 1.82) is 0 Å². The van der Waals surface area contributed by atoms with Crippen LogP contribution in [0.2, 0.25) is 5.15 Å². The van der Waals surface area contributed by atoms with Crippen LogP contribution in [0.4, 0.5) is 5.82 Å². The van der Waals surface area contributed by atoms with Crippen molar-refractivity contribution in [2.75, 3.05) is 11.5 Å². The van der Waals surface area contributed by atoms with E-state index in [4.69, 9.17) is 16.3 Å². The quantitative estimate of drug-likeness (QED) is 0.270. The number of esters is 1. The topological polar surface area (TPSA) is 115 Å². The molecule has 4 heterocycles. The van der Waals surface area contributed by atoms with E-state index in [1.165, 1.54) is 17.3 Å². The lowest BCUT2D eigenvalue weighted by Crippen LogP contribution is -2.41. The van der Waals surface area contributed by atoms with Gasteiger partial charge >= 0.3 is 5.97 Å². The number of hydrogen-bond donors (Lipinski definition) is 0. The third kappa shape index (κ3) is 4.48. The second-order valence-electron chi connectivity index (χ2n) is 8.39. The lowest BCUT2D eigenvalue weighted by Gasteiger charge is -2.29. The molecule has 1 aliphatic rings. The van der Waals surface area contributed by atoms with Gasteiger partial charge in [0.05, 0.1) is 12.3 Å². The molecular formula is C24H24ClN5O4. The van der Waals surface area contributed by atoms with E-state index in [0.717, 1.165) is 5.39 Å². The number of nitrogens with zero attached hydrogens (tertiary/aromatic N) is 5. The number of carbonyl (C=O) groups is 3. The van der Waals surface area contributed by atoms with Gasteiger partial charge in [-0.15, -0.1) is 0 Å². The normalized spacial score (nSPS) is 16.1. The van der Waals surface area contributed by atoms with Gasteiger partial charge < -0.3 is 4.74 Å². The first-order valence-electron chi connectivity index (χ1n) is 11.1. The fourth-order valence-electron chi connectivity index (χ4n) is 4.00. The smallest absolute Gasteiger partial charge is 0.319 e. The molecule has 2 unspecified atom stereocenters. The van der Waals surface area contributed by atoms with Crippen molar-refractivity contribution >= 4 is 46.1 Å². The van der Waals surface area contributed by atoms with E-state index in [1.54, 1.807) is 31.2 Å². The average molecular weight is 482 g/mol. The van der Waals surface area contributed by atoms with Gasteiger partial charge in [-0.25, -0.2) is 15.0 Å². The zero-order valence-electron chi connectivity index (χ0n) is 19.1. The maximum Gasteiger partial charge on any atom is 0.319 e. The fourth-order valence-corrected chi connectivity index (χ4v) is 4.14. The van der Waals surface area contributed by atoms with Crippen LogP contribution in [0.1, 0.15) is 55.8 Å². The van der Waals surface area contributed by atoms with Gasteiger partial charge in [0.1, 0.15) is 28.7 Å². The molecule has 0 fully saturated rings. The number of Topliss-reactive ketones (excluding diaryl/α,β-unsaturated/α-hetero) is 1. The van der Waals surface area contributed by atoms with Crippen LogP contribution in [-0.2, 0) is 14.3 Å². The highest BCUT2D eigenvalue weighted by molar-refractivity contribution is 6.29. The van der Waals surface area contributed by atoms with Crippen LogP contribution in [0.3, 0.4) is 0 Å². The Bertz CT molecular complexity index is 1270. The summed E-state index contributed by atoms with van der Waals surface area (Å²) in [4.78, 5) is 58.5. The third-order valence-electron chi connectivity index (χ3n) is 5.63. The summed E-state index contributed by atoms with van der Waals surface area (Å²) >= 11 is 6.03. The maximum absolute atomic E-state index is 13.5. The average Bonchev–Trinajstić information content (AvgIpc) is 3.10. The standard InChI is InChI=1S/C24H24ClN5O4/c1-4-34-24(33)18(15(31)8-5-13(2)3)21-19-20(27-12-11-26-19)23(32)30(21)17-10-7-14-6-9-16(25)28-22(14)29-17/h6-7,9-13,18,21H,4-5,8H2,1-3H3. The van der Waals surface area contributed by atoms with Gasteiger partial charge in [0.2, 0.25) is 0 Å². The van der Waals surface area contributed by atoms with Gasteiger partial charge in [0.15, 0.2) is 11.3 Å². The minimum atomic E-state index is -1.27. The summed E-state index contributed by atoms with van der Waals surface area (Å²) in [7, 11) is 0. The highest BCUT2D eigenvalue weighted by atomic mass is 35.5. The summed E-state index contributed by atoms with van der Waals surface area (Å²) in [5.74, 6) is -2.34. The first-order chi connectivity index (χ1) is 16.3. The Labute approximate surface area is 201 Å². The van der Waals surface area contributed by atoms with Gasteiger partial charge in [-0.05, 0) is 43.5 Å². The van der Waals surface area contributed by atoms with Crippen LogP contribution in [0.15, 0.2) is 36.7 Å². The molecular weight excluding hydrogens is 458 g/mol. The van der Waals surface area contributed by atoms with Crippen LogP contribution in [0.25, 0.3) is 11.0 Å². The molecule has 3 aromatic rings. The molecule has 34 heavy (non-hydrogen) atoms. The predicted octanol–water partition coefficient (Wildman–Crippen LogP) is 3.96. The molecule has 9 nitrogen and oxygen atoms in total. The first-order valence-corrected chi connectivity index (χ1v) is 11.5. The molecule has 0 radical (unpaired) electrons. The van der Waals surface area contributed by atoms with Gasteiger partial charge in [-0.1, -0.05) is 25.4 Å². The van der Waals surface area contributed by atoms with Crippen molar-refractivity contribution in [2.45, 2.75) is 39.7 Å². The Morgan fingerprint density at radius 3 is 2.59 bits per heavy atom. The minimum Gasteiger partial charge on any atom is -0.465 e. The van der Waals surface area contributed by atoms with Crippen LogP contribution in [0, 0.1) is 11.8 Å². The SMILES string of the molecule is CCOC(=O)C(C(=O)CCC(C)C)C1c2nccnc2C(=O)N1c1ccc2ccc(Cl)nc2n1. The summed E-state index contributed by atoms with van der Waals surface area (Å²) in [5, 5.41) is 0.974. The summed E-state index contributed by atoms with van der Waals surface area (Å²) in [5.41, 5.74) is 0.635. The highest BCUT2D eigenvalue weighted by Gasteiger charge is 2.50. The number of halogens is 1. The maximum atomic E-state index is 13.5. The molecule has 0 bridgehead atoms. The fraction of sp³-hybridized carbons (Fsp3) is 0.375. The van der Waals surface area contributed by atoms with Gasteiger partial charge in [-0.2, -0.15) is 0 Å². The van der Waals surface area contributed by atoms with Crippen molar-refractivity contribution in [3.8, 4) is 0 Å². The Hall–Kier alpha value is -3.46. The second kappa shape index (κ2) is 9.80. The number of amides is 1. The van der Waals surface area contributed by atoms with Crippen molar-refractivity contribution in [3.63, 3.8) is 0 Å². The van der Waals surface area contributed by atoms with Crippen molar-refractivity contribution in [3.05, 3.63) is 53.2 Å². The largest absolute Gasteiger partial charge is 0.465 e. The summed E-state index contributed by atoms with van der Waals surface area (Å²) in [6.07, 6.45) is 3.59. The molecule has 2 atom stereocenters. The van der Waals surface area contributed by atoms with Gasteiger partial charge in [-0.3, -0.25) is 24.3 Å². The number of aromatic nitrogens is 4. The number of ether oxygens (including phenoxy) is 1. The lowest BCUT2D eigenvalue weighted by atomic mass is 9.89. The molecule has 176 valence electrons. The molecule has 0 spiro atoms. The van der Waals surface area contributed by atoms with Crippen LogP contribution >= 0.6 is 11.6 Å². The zero-order chi connectivity index (χ0) is 24.4. The molecule has 10 heteroatoms. The Morgan fingerprint density at radius 2 is 1.85 bits per heavy atom. The molecule has 0 saturated heterocycles. The molecule has 0 aromatic carbocycles. The van der Waals surface area contributed by atoms with Crippen molar-refractivity contribution < 1.29 is 19.1 Å². The van der Waals surface area contributed by atoms with Gasteiger partial charge in [0, 0.05) is 24.2 Å². The van der Waals surface area contributed by atoms with E-state index in [1.807, 2.05) is 13.8 Å². The minimum absolute atomic E-state index is 0.0689. The van der Waals surface area contributed by atoms with E-state index < -0.39 is 23.8 Å². The molecule has 1 amide bonds. The number of anilines is 1. The number of carbonyl (C=O) groups excluding carboxylic acids is 3. The zero-order valence-corrected chi connectivity index (χ0v) is 19.8. The van der Waals surface area contributed by atoms with E-state index in [9.17, 15) is 14.4 Å². The van der Waals surface area contributed by atoms with Crippen molar-refractivity contribution in [1.82, 2.24) is 19.9 Å². The molecule has 3 aromatic heterocycles. The van der Waals surface area contributed by atoms with E-state index >= 15 is 0 Å². The second-order valence-corrected chi connectivity index (χ2v) is 8.78. The lowest BCUT2D eigenvalue weighted by molar-refractivity contribution is -0.152. The monoisotopic (exact) mass is 481 g/mol. The van der Waals surface area contributed by atoms with Crippen LogP contribution in [-0.4, -0.2) is 44.2 Å². The number of hydrogen-bond acceptors (Lipinski definition) is 8. The van der Waals surface area contributed by atoms with Crippen LogP contribution in [0.5, 0.6) is 0 Å². The van der Waals surface area contributed by atoms with Crippen molar-refractivity contribution in [2.24, 2.45) is 11.8 Å². The predicted molar refractivity (Wildman–Crippen MR) is 125 cm³/mol. The summed E-state index contributed by atoms with van der Waals surface area (Å²) < 4.78 is 5.27. The molecule has 4 rings (SSSR count). The Balaban J connectivity index is 1.85. The Morgan fingerprint density at radius 1 is 1.12 bits per heavy atom. The first kappa shape index (κ1) is 23.7. The van der Waals surface area contributed by atoms with Gasteiger partial charge in [0.25, 0.3) is 5.91 Å². The number of ketones is 1. The van der Waals surface area contributed by atoms with E-state index in [2.05, 4.69) is 19.9 Å².